The highest BCUT2D eigenvalue weighted by atomic mass is 32.2. The first kappa shape index (κ1) is 21.0. The monoisotopic (exact) mass is 459 g/mol. The second kappa shape index (κ2) is 8.32. The molecular formula is C27H29N3O2S. The number of hydrogen-bond donors (Lipinski definition) is 0. The second-order valence-electron chi connectivity index (χ2n) is 10.1. The van der Waals surface area contributed by atoms with Crippen LogP contribution in [0.1, 0.15) is 38.5 Å². The summed E-state index contributed by atoms with van der Waals surface area (Å²) in [6, 6.07) is 18.0. The standard InChI is InChI=1S/C27H29N3O2S/c1-32-23-10-6-5-9-22(23)25-28-29-26(30(25)21-7-3-2-4-8-21)33-17-24(31)27-14-18-11-19(15-27)13-20(12-18)16-27/h2-10,18-20H,11-17H2,1H3. The van der Waals surface area contributed by atoms with Gasteiger partial charge in [-0.05, 0) is 80.5 Å². The Hall–Kier alpha value is -2.60. The van der Waals surface area contributed by atoms with Crippen molar-refractivity contribution in [3.05, 3.63) is 54.6 Å². The number of para-hydroxylation sites is 2. The lowest BCUT2D eigenvalue weighted by Gasteiger charge is -2.56. The maximum atomic E-state index is 13.6. The zero-order chi connectivity index (χ0) is 22.4. The number of benzene rings is 2. The van der Waals surface area contributed by atoms with E-state index < -0.39 is 0 Å². The van der Waals surface area contributed by atoms with E-state index in [0.29, 0.717) is 11.5 Å². The average Bonchev–Trinajstić information content (AvgIpc) is 3.26. The van der Waals surface area contributed by atoms with Gasteiger partial charge in [0.2, 0.25) is 0 Å². The summed E-state index contributed by atoms with van der Waals surface area (Å²) >= 11 is 1.53. The average molecular weight is 460 g/mol. The number of ketones is 1. The summed E-state index contributed by atoms with van der Waals surface area (Å²) in [5.74, 6) is 4.68. The molecule has 2 aromatic carbocycles. The summed E-state index contributed by atoms with van der Waals surface area (Å²) < 4.78 is 7.64. The number of nitrogens with zero attached hydrogens (tertiary/aromatic N) is 3. The van der Waals surface area contributed by atoms with Gasteiger partial charge in [-0.3, -0.25) is 9.36 Å². The summed E-state index contributed by atoms with van der Waals surface area (Å²) in [5.41, 5.74) is 1.79. The molecule has 1 aromatic heterocycles. The Labute approximate surface area is 198 Å². The van der Waals surface area contributed by atoms with Crippen molar-refractivity contribution >= 4 is 17.5 Å². The molecule has 0 radical (unpaired) electrons. The fourth-order valence-electron chi connectivity index (χ4n) is 6.91. The minimum absolute atomic E-state index is 0.0785. The van der Waals surface area contributed by atoms with Crippen LogP contribution in [0.2, 0.25) is 0 Å². The van der Waals surface area contributed by atoms with Crippen molar-refractivity contribution in [3.63, 3.8) is 0 Å². The lowest BCUT2D eigenvalue weighted by atomic mass is 9.48. The van der Waals surface area contributed by atoms with Crippen molar-refractivity contribution < 1.29 is 9.53 Å². The molecular weight excluding hydrogens is 430 g/mol. The predicted molar refractivity (Wildman–Crippen MR) is 130 cm³/mol. The van der Waals surface area contributed by atoms with Gasteiger partial charge in [0.15, 0.2) is 11.0 Å². The molecule has 0 saturated heterocycles. The maximum absolute atomic E-state index is 13.6. The molecule has 3 aromatic rings. The minimum Gasteiger partial charge on any atom is -0.496 e. The first-order chi connectivity index (χ1) is 16.1. The smallest absolute Gasteiger partial charge is 0.196 e. The number of thioether (sulfide) groups is 1. The lowest BCUT2D eigenvalue weighted by Crippen LogP contribution is -2.50. The van der Waals surface area contributed by atoms with E-state index in [-0.39, 0.29) is 5.41 Å². The summed E-state index contributed by atoms with van der Waals surface area (Å²) in [5, 5.41) is 9.82. The van der Waals surface area contributed by atoms with Crippen LogP contribution in [0.15, 0.2) is 59.8 Å². The van der Waals surface area contributed by atoms with Gasteiger partial charge < -0.3 is 4.74 Å². The van der Waals surface area contributed by atoms with Crippen molar-refractivity contribution in [1.82, 2.24) is 14.8 Å². The highest BCUT2D eigenvalue weighted by Gasteiger charge is 2.54. The van der Waals surface area contributed by atoms with Crippen molar-refractivity contribution in [1.29, 1.82) is 0 Å². The molecule has 1 heterocycles. The fraction of sp³-hybridized carbons (Fsp3) is 0.444. The van der Waals surface area contributed by atoms with Crippen molar-refractivity contribution in [2.75, 3.05) is 12.9 Å². The number of ether oxygens (including phenoxy) is 1. The number of Topliss-reactive ketones (excluding diaryl/α,β-unsaturated/α-hetero) is 1. The summed E-state index contributed by atoms with van der Waals surface area (Å²) in [6.07, 6.45) is 7.38. The third-order valence-corrected chi connectivity index (χ3v) is 8.89. The van der Waals surface area contributed by atoms with Crippen LogP contribution >= 0.6 is 11.8 Å². The number of hydrogen-bond acceptors (Lipinski definition) is 5. The zero-order valence-electron chi connectivity index (χ0n) is 18.9. The third kappa shape index (κ3) is 3.68. The number of methoxy groups -OCH3 is 1. The van der Waals surface area contributed by atoms with Gasteiger partial charge >= 0.3 is 0 Å². The van der Waals surface area contributed by atoms with Crippen LogP contribution in [0.25, 0.3) is 17.1 Å². The van der Waals surface area contributed by atoms with Crippen LogP contribution in [-0.2, 0) is 4.79 Å². The topological polar surface area (TPSA) is 57.0 Å². The van der Waals surface area contributed by atoms with Gasteiger partial charge in [0.05, 0.1) is 18.4 Å². The summed E-state index contributed by atoms with van der Waals surface area (Å²) in [7, 11) is 1.67. The molecule has 7 rings (SSSR count). The van der Waals surface area contributed by atoms with Crippen LogP contribution in [0.5, 0.6) is 5.75 Å². The Balaban J connectivity index is 1.31. The molecule has 0 atom stereocenters. The van der Waals surface area contributed by atoms with E-state index in [1.54, 1.807) is 7.11 Å². The predicted octanol–water partition coefficient (Wildman–Crippen LogP) is 5.82. The summed E-state index contributed by atoms with van der Waals surface area (Å²) in [4.78, 5) is 13.6. The van der Waals surface area contributed by atoms with Crippen molar-refractivity contribution in [2.24, 2.45) is 23.2 Å². The van der Waals surface area contributed by atoms with Gasteiger partial charge in [-0.2, -0.15) is 0 Å². The molecule has 6 heteroatoms. The molecule has 0 spiro atoms. The number of carbonyl (C=O) groups excluding carboxylic acids is 1. The molecule has 5 nitrogen and oxygen atoms in total. The number of carbonyl (C=O) groups is 1. The van der Waals surface area contributed by atoms with Gasteiger partial charge in [-0.25, -0.2) is 0 Å². The van der Waals surface area contributed by atoms with Crippen LogP contribution in [0, 0.1) is 23.2 Å². The Morgan fingerprint density at radius 1 is 0.970 bits per heavy atom. The van der Waals surface area contributed by atoms with Crippen LogP contribution in [0.3, 0.4) is 0 Å². The first-order valence-corrected chi connectivity index (χ1v) is 12.9. The quantitative estimate of drug-likeness (QED) is 0.417. The van der Waals surface area contributed by atoms with E-state index in [0.717, 1.165) is 65.0 Å². The zero-order valence-corrected chi connectivity index (χ0v) is 19.8. The molecule has 0 N–H and O–H groups in total. The van der Waals surface area contributed by atoms with Gasteiger partial charge in [-0.1, -0.05) is 42.1 Å². The molecule has 4 bridgehead atoms. The largest absolute Gasteiger partial charge is 0.496 e. The third-order valence-electron chi connectivity index (χ3n) is 7.96. The van der Waals surface area contributed by atoms with Gasteiger partial charge in [0.25, 0.3) is 0 Å². The van der Waals surface area contributed by atoms with E-state index in [9.17, 15) is 4.79 Å². The van der Waals surface area contributed by atoms with Gasteiger partial charge in [0.1, 0.15) is 11.5 Å². The molecule has 4 saturated carbocycles. The molecule has 4 aliphatic carbocycles. The molecule has 0 unspecified atom stereocenters. The van der Waals surface area contributed by atoms with E-state index in [2.05, 4.69) is 14.8 Å². The SMILES string of the molecule is COc1ccccc1-c1nnc(SCC(=O)C23CC4CC(CC(C4)C2)C3)n1-c1ccccc1. The first-order valence-electron chi connectivity index (χ1n) is 12.0. The Morgan fingerprint density at radius 2 is 1.61 bits per heavy atom. The van der Waals surface area contributed by atoms with Crippen LogP contribution in [0.4, 0.5) is 0 Å². The van der Waals surface area contributed by atoms with Crippen LogP contribution < -0.4 is 4.74 Å². The van der Waals surface area contributed by atoms with Gasteiger partial charge in [0, 0.05) is 11.1 Å². The molecule has 0 aliphatic heterocycles. The summed E-state index contributed by atoms with van der Waals surface area (Å²) in [6.45, 7) is 0. The van der Waals surface area contributed by atoms with E-state index in [1.807, 2.05) is 54.6 Å². The second-order valence-corrected chi connectivity index (χ2v) is 11.0. The van der Waals surface area contributed by atoms with Crippen molar-refractivity contribution in [3.8, 4) is 22.8 Å². The highest BCUT2D eigenvalue weighted by Crippen LogP contribution is 2.60. The fourth-order valence-corrected chi connectivity index (χ4v) is 7.90. The van der Waals surface area contributed by atoms with E-state index >= 15 is 0 Å². The molecule has 4 aliphatic rings. The molecule has 33 heavy (non-hydrogen) atoms. The number of aromatic nitrogens is 3. The highest BCUT2D eigenvalue weighted by molar-refractivity contribution is 7.99. The maximum Gasteiger partial charge on any atom is 0.196 e. The van der Waals surface area contributed by atoms with Crippen molar-refractivity contribution in [2.45, 2.75) is 43.7 Å². The van der Waals surface area contributed by atoms with Crippen LogP contribution in [-0.4, -0.2) is 33.4 Å². The van der Waals surface area contributed by atoms with E-state index in [1.165, 1.54) is 31.0 Å². The molecule has 170 valence electrons. The number of rotatable bonds is 7. The Morgan fingerprint density at radius 3 is 2.27 bits per heavy atom. The Bertz CT molecular complexity index is 1140. The Kier molecular flexibility index (Phi) is 5.28. The van der Waals surface area contributed by atoms with E-state index in [4.69, 9.17) is 4.74 Å². The minimum atomic E-state index is -0.0785. The van der Waals surface area contributed by atoms with Gasteiger partial charge in [-0.15, -0.1) is 10.2 Å². The lowest BCUT2D eigenvalue weighted by molar-refractivity contribution is -0.141. The normalized spacial score (nSPS) is 27.6. The molecule has 0 amide bonds. The molecule has 4 fully saturated rings.